The third kappa shape index (κ3) is 4.67. The third-order valence-corrected chi connectivity index (χ3v) is 6.84. The zero-order valence-electron chi connectivity index (χ0n) is 19.2. The summed E-state index contributed by atoms with van der Waals surface area (Å²) < 4.78 is 0. The Morgan fingerprint density at radius 2 is 1.40 bits per heavy atom. The average molecular weight is 409 g/mol. The molecule has 30 heavy (non-hydrogen) atoms. The average Bonchev–Trinajstić information content (AvgIpc) is 2.74. The minimum atomic E-state index is -0.885. The van der Waals surface area contributed by atoms with Crippen LogP contribution in [0.1, 0.15) is 91.6 Å². The van der Waals surface area contributed by atoms with Gasteiger partial charge in [-0.25, -0.2) is 4.79 Å². The minimum absolute atomic E-state index is 0.164. The van der Waals surface area contributed by atoms with E-state index < -0.39 is 11.6 Å². The van der Waals surface area contributed by atoms with E-state index in [0.717, 1.165) is 29.5 Å². The standard InChI is InChI=1S/C27H36O3/c1-7-26(30,8-2)16-15-21-11-12-22(17-19(21)5)27(9-3,10-4)23-13-14-24(25(28)29)20(6)18-23/h11-18,30H,7-10H2,1-6H3,(H,28,29)/b16-15+. The number of benzene rings is 2. The van der Waals surface area contributed by atoms with Crippen LogP contribution < -0.4 is 0 Å². The molecule has 0 aliphatic carbocycles. The van der Waals surface area contributed by atoms with Gasteiger partial charge in [-0.1, -0.05) is 70.2 Å². The number of hydrogen-bond acceptors (Lipinski definition) is 2. The van der Waals surface area contributed by atoms with Crippen molar-refractivity contribution < 1.29 is 15.0 Å². The van der Waals surface area contributed by atoms with Crippen molar-refractivity contribution in [1.29, 1.82) is 0 Å². The molecule has 0 aliphatic rings. The molecule has 0 aromatic heterocycles. The predicted octanol–water partition coefficient (Wildman–Crippen LogP) is 6.67. The summed E-state index contributed by atoms with van der Waals surface area (Å²) in [7, 11) is 0. The van der Waals surface area contributed by atoms with Crippen LogP contribution in [0.4, 0.5) is 0 Å². The van der Waals surface area contributed by atoms with E-state index in [1.807, 2.05) is 45.1 Å². The van der Waals surface area contributed by atoms with Crippen molar-refractivity contribution in [3.05, 3.63) is 75.9 Å². The van der Waals surface area contributed by atoms with E-state index in [0.29, 0.717) is 18.4 Å². The highest BCUT2D eigenvalue weighted by Gasteiger charge is 2.31. The first kappa shape index (κ1) is 23.9. The van der Waals surface area contributed by atoms with Gasteiger partial charge in [0.15, 0.2) is 0 Å². The first-order valence-electron chi connectivity index (χ1n) is 11.0. The van der Waals surface area contributed by atoms with E-state index in [1.165, 1.54) is 11.1 Å². The van der Waals surface area contributed by atoms with Gasteiger partial charge in [-0.15, -0.1) is 0 Å². The van der Waals surface area contributed by atoms with Crippen LogP contribution in [0.3, 0.4) is 0 Å². The SMILES string of the molecule is CCC(O)(/C=C/c1ccc(C(CC)(CC)c2ccc(C(=O)O)c(C)c2)cc1C)CC. The van der Waals surface area contributed by atoms with E-state index in [1.54, 1.807) is 6.07 Å². The Morgan fingerprint density at radius 3 is 1.83 bits per heavy atom. The number of carbonyl (C=O) groups is 1. The number of carboxylic acids is 1. The quantitative estimate of drug-likeness (QED) is 0.487. The fourth-order valence-electron chi connectivity index (χ4n) is 4.33. The van der Waals surface area contributed by atoms with Crippen LogP contribution >= 0.6 is 0 Å². The summed E-state index contributed by atoms with van der Waals surface area (Å²) in [6.07, 6.45) is 7.17. The molecule has 0 spiro atoms. The highest BCUT2D eigenvalue weighted by Crippen LogP contribution is 2.40. The molecule has 0 aliphatic heterocycles. The summed E-state index contributed by atoms with van der Waals surface area (Å²) in [5, 5.41) is 19.9. The second kappa shape index (κ2) is 9.61. The summed E-state index contributed by atoms with van der Waals surface area (Å²) in [6, 6.07) is 12.3. The van der Waals surface area contributed by atoms with Crippen LogP contribution in [0.2, 0.25) is 0 Å². The number of carboxylic acid groups (broad SMARTS) is 1. The van der Waals surface area contributed by atoms with Crippen molar-refractivity contribution in [2.45, 2.75) is 78.2 Å². The highest BCUT2D eigenvalue weighted by atomic mass is 16.4. The van der Waals surface area contributed by atoms with Gasteiger partial charge in [-0.2, -0.15) is 0 Å². The molecule has 0 radical (unpaired) electrons. The fourth-order valence-corrected chi connectivity index (χ4v) is 4.33. The Balaban J connectivity index is 2.51. The van der Waals surface area contributed by atoms with Gasteiger partial charge in [0.1, 0.15) is 0 Å². The zero-order valence-corrected chi connectivity index (χ0v) is 19.2. The molecule has 2 aromatic rings. The molecule has 0 bridgehead atoms. The van der Waals surface area contributed by atoms with Gasteiger partial charge in [0, 0.05) is 5.41 Å². The Hall–Kier alpha value is -2.39. The first-order chi connectivity index (χ1) is 14.2. The Labute approximate surface area is 181 Å². The second-order valence-corrected chi connectivity index (χ2v) is 8.34. The van der Waals surface area contributed by atoms with Crippen molar-refractivity contribution in [3.63, 3.8) is 0 Å². The zero-order chi connectivity index (χ0) is 22.5. The lowest BCUT2D eigenvalue weighted by molar-refractivity contribution is 0.0695. The van der Waals surface area contributed by atoms with Gasteiger partial charge in [-0.3, -0.25) is 0 Å². The summed E-state index contributed by atoms with van der Waals surface area (Å²) in [5.74, 6) is -0.885. The molecule has 2 aromatic carbocycles. The number of aliphatic hydroxyl groups is 1. The van der Waals surface area contributed by atoms with E-state index >= 15 is 0 Å². The summed E-state index contributed by atoms with van der Waals surface area (Å²) >= 11 is 0. The number of aryl methyl sites for hydroxylation is 2. The molecule has 162 valence electrons. The van der Waals surface area contributed by atoms with Crippen molar-refractivity contribution in [1.82, 2.24) is 0 Å². The smallest absolute Gasteiger partial charge is 0.335 e. The van der Waals surface area contributed by atoms with E-state index in [2.05, 4.69) is 39.0 Å². The maximum Gasteiger partial charge on any atom is 0.335 e. The number of rotatable bonds is 9. The van der Waals surface area contributed by atoms with Crippen LogP contribution in [-0.4, -0.2) is 21.8 Å². The first-order valence-corrected chi connectivity index (χ1v) is 11.0. The van der Waals surface area contributed by atoms with Crippen molar-refractivity contribution in [2.24, 2.45) is 0 Å². The van der Waals surface area contributed by atoms with Crippen LogP contribution in [0.25, 0.3) is 6.08 Å². The van der Waals surface area contributed by atoms with Crippen LogP contribution in [0, 0.1) is 13.8 Å². The lowest BCUT2D eigenvalue weighted by Crippen LogP contribution is -2.26. The molecule has 0 amide bonds. The largest absolute Gasteiger partial charge is 0.478 e. The molecule has 0 atom stereocenters. The molecule has 2 N–H and O–H groups in total. The Morgan fingerprint density at radius 1 is 0.867 bits per heavy atom. The molecule has 0 saturated carbocycles. The summed E-state index contributed by atoms with van der Waals surface area (Å²) in [6.45, 7) is 12.3. The minimum Gasteiger partial charge on any atom is -0.478 e. The van der Waals surface area contributed by atoms with Crippen molar-refractivity contribution in [3.8, 4) is 0 Å². The van der Waals surface area contributed by atoms with Gasteiger partial charge >= 0.3 is 5.97 Å². The maximum absolute atomic E-state index is 11.4. The molecule has 0 saturated heterocycles. The van der Waals surface area contributed by atoms with Crippen LogP contribution in [0.5, 0.6) is 0 Å². The molecule has 0 heterocycles. The molecular weight excluding hydrogens is 372 g/mol. The number of hydrogen-bond donors (Lipinski definition) is 2. The number of aromatic carboxylic acids is 1. The van der Waals surface area contributed by atoms with Crippen molar-refractivity contribution in [2.75, 3.05) is 0 Å². The van der Waals surface area contributed by atoms with E-state index in [-0.39, 0.29) is 5.41 Å². The summed E-state index contributed by atoms with van der Waals surface area (Å²) in [5.41, 5.74) is 4.90. The van der Waals surface area contributed by atoms with Crippen LogP contribution in [0.15, 0.2) is 42.5 Å². The fraction of sp³-hybridized carbons (Fsp3) is 0.444. The lowest BCUT2D eigenvalue weighted by Gasteiger charge is -2.34. The van der Waals surface area contributed by atoms with Gasteiger partial charge in [0.25, 0.3) is 0 Å². The van der Waals surface area contributed by atoms with Gasteiger partial charge < -0.3 is 10.2 Å². The second-order valence-electron chi connectivity index (χ2n) is 8.34. The molecule has 0 fully saturated rings. The van der Waals surface area contributed by atoms with Gasteiger partial charge in [-0.05, 0) is 73.4 Å². The Kier molecular flexibility index (Phi) is 7.65. The monoisotopic (exact) mass is 408 g/mol. The lowest BCUT2D eigenvalue weighted by atomic mass is 9.69. The maximum atomic E-state index is 11.4. The topological polar surface area (TPSA) is 57.5 Å². The Bertz CT molecular complexity index is 916. The predicted molar refractivity (Wildman–Crippen MR) is 125 cm³/mol. The van der Waals surface area contributed by atoms with E-state index in [9.17, 15) is 15.0 Å². The van der Waals surface area contributed by atoms with Gasteiger partial charge in [0.05, 0.1) is 11.2 Å². The highest BCUT2D eigenvalue weighted by molar-refractivity contribution is 5.89. The third-order valence-electron chi connectivity index (χ3n) is 6.84. The molecular formula is C27H36O3. The summed E-state index contributed by atoms with van der Waals surface area (Å²) in [4.78, 5) is 11.4. The molecule has 3 heteroatoms. The molecule has 0 unspecified atom stereocenters. The normalized spacial score (nSPS) is 12.5. The van der Waals surface area contributed by atoms with Crippen LogP contribution in [-0.2, 0) is 5.41 Å². The molecule has 3 nitrogen and oxygen atoms in total. The van der Waals surface area contributed by atoms with E-state index in [4.69, 9.17) is 0 Å². The van der Waals surface area contributed by atoms with Gasteiger partial charge in [0.2, 0.25) is 0 Å². The molecule has 2 rings (SSSR count). The van der Waals surface area contributed by atoms with Crippen molar-refractivity contribution >= 4 is 12.0 Å².